The van der Waals surface area contributed by atoms with Crippen LogP contribution in [0.25, 0.3) is 0 Å². The molecule has 26 heavy (non-hydrogen) atoms. The van der Waals surface area contributed by atoms with Gasteiger partial charge in [-0.1, -0.05) is 6.07 Å². The number of carbonyl (C=O) groups is 2. The maximum Gasteiger partial charge on any atom is 0.254 e. The van der Waals surface area contributed by atoms with E-state index < -0.39 is 17.5 Å². The van der Waals surface area contributed by atoms with Gasteiger partial charge in [-0.05, 0) is 36.4 Å². The summed E-state index contributed by atoms with van der Waals surface area (Å²) in [6, 6.07) is 11.5. The molecule has 5 nitrogen and oxygen atoms in total. The summed E-state index contributed by atoms with van der Waals surface area (Å²) in [6.45, 7) is 1.24. The molecule has 1 heterocycles. The molecule has 0 bridgehead atoms. The van der Waals surface area contributed by atoms with Crippen molar-refractivity contribution in [3.05, 3.63) is 70.8 Å². The Morgan fingerprint density at radius 2 is 1.42 bits per heavy atom. The summed E-state index contributed by atoms with van der Waals surface area (Å²) in [5.74, 6) is -2.68. The number of nitrogens with zero attached hydrogens (tertiary/aromatic N) is 3. The Kier molecular flexibility index (Phi) is 4.94. The molecule has 2 aromatic carbocycles. The van der Waals surface area contributed by atoms with E-state index >= 15 is 0 Å². The minimum atomic E-state index is -1.07. The lowest BCUT2D eigenvalue weighted by Gasteiger charge is -2.35. The molecule has 0 N–H and O–H groups in total. The maximum atomic E-state index is 13.3. The van der Waals surface area contributed by atoms with Crippen LogP contribution >= 0.6 is 0 Å². The predicted octanol–water partition coefficient (Wildman–Crippen LogP) is 2.43. The van der Waals surface area contributed by atoms with Crippen molar-refractivity contribution in [2.24, 2.45) is 0 Å². The Morgan fingerprint density at radius 1 is 0.846 bits per heavy atom. The van der Waals surface area contributed by atoms with Gasteiger partial charge in [0.2, 0.25) is 0 Å². The highest BCUT2D eigenvalue weighted by atomic mass is 19.2. The molecule has 7 heteroatoms. The quantitative estimate of drug-likeness (QED) is 0.831. The zero-order chi connectivity index (χ0) is 18.7. The zero-order valence-corrected chi connectivity index (χ0v) is 13.8. The molecule has 0 aliphatic carbocycles. The lowest BCUT2D eigenvalue weighted by atomic mass is 10.1. The van der Waals surface area contributed by atoms with Gasteiger partial charge in [0.05, 0.1) is 11.6 Å². The first-order valence-electron chi connectivity index (χ1n) is 8.03. The van der Waals surface area contributed by atoms with E-state index in [-0.39, 0.29) is 11.5 Å². The van der Waals surface area contributed by atoms with Crippen molar-refractivity contribution in [1.82, 2.24) is 9.80 Å². The van der Waals surface area contributed by atoms with E-state index in [1.165, 1.54) is 17.0 Å². The number of benzene rings is 2. The van der Waals surface area contributed by atoms with E-state index in [0.717, 1.165) is 12.1 Å². The van der Waals surface area contributed by atoms with E-state index in [9.17, 15) is 18.4 Å². The number of hydrogen-bond acceptors (Lipinski definition) is 3. The van der Waals surface area contributed by atoms with Crippen LogP contribution in [0, 0.1) is 23.0 Å². The first kappa shape index (κ1) is 17.5. The summed E-state index contributed by atoms with van der Waals surface area (Å²) < 4.78 is 26.3. The largest absolute Gasteiger partial charge is 0.335 e. The number of piperazine rings is 1. The first-order valence-corrected chi connectivity index (χ1v) is 8.03. The molecule has 0 spiro atoms. The number of amides is 2. The highest BCUT2D eigenvalue weighted by Gasteiger charge is 2.26. The standard InChI is InChI=1S/C19H15F2N3O2/c20-16-5-4-15(11-17(16)21)19(26)24-8-6-23(7-9-24)18(25)14-3-1-2-13(10-14)12-22/h1-5,10-11H,6-9H2. The third-order valence-corrected chi connectivity index (χ3v) is 4.26. The minimum absolute atomic E-state index is 0.0744. The molecule has 0 aromatic heterocycles. The lowest BCUT2D eigenvalue weighted by Crippen LogP contribution is -2.50. The fourth-order valence-corrected chi connectivity index (χ4v) is 2.83. The Morgan fingerprint density at radius 3 is 1.96 bits per heavy atom. The fraction of sp³-hybridized carbons (Fsp3) is 0.211. The average molecular weight is 355 g/mol. The molecular formula is C19H15F2N3O2. The van der Waals surface area contributed by atoms with Crippen molar-refractivity contribution >= 4 is 11.8 Å². The molecule has 1 aliphatic rings. The van der Waals surface area contributed by atoms with Crippen molar-refractivity contribution in [1.29, 1.82) is 5.26 Å². The van der Waals surface area contributed by atoms with Crippen LogP contribution < -0.4 is 0 Å². The molecule has 3 rings (SSSR count). The normalized spacial score (nSPS) is 14.0. The van der Waals surface area contributed by atoms with Crippen LogP contribution in [0.1, 0.15) is 26.3 Å². The Bertz CT molecular complexity index is 900. The number of nitriles is 1. The molecular weight excluding hydrogens is 340 g/mol. The molecule has 132 valence electrons. The Hall–Kier alpha value is -3.27. The number of rotatable bonds is 2. The molecule has 2 amide bonds. The van der Waals surface area contributed by atoms with Crippen LogP contribution in [0.3, 0.4) is 0 Å². The summed E-state index contributed by atoms with van der Waals surface area (Å²) in [7, 11) is 0. The van der Waals surface area contributed by atoms with E-state index in [0.29, 0.717) is 37.3 Å². The SMILES string of the molecule is N#Cc1cccc(C(=O)N2CCN(C(=O)c3ccc(F)c(F)c3)CC2)c1. The van der Waals surface area contributed by atoms with Crippen molar-refractivity contribution in [3.63, 3.8) is 0 Å². The van der Waals surface area contributed by atoms with Crippen LogP contribution in [-0.2, 0) is 0 Å². The van der Waals surface area contributed by atoms with Gasteiger partial charge in [0.1, 0.15) is 0 Å². The van der Waals surface area contributed by atoms with Crippen LogP contribution in [0.15, 0.2) is 42.5 Å². The fourth-order valence-electron chi connectivity index (χ4n) is 2.83. The number of halogens is 2. The van der Waals surface area contributed by atoms with Crippen LogP contribution in [0.2, 0.25) is 0 Å². The van der Waals surface area contributed by atoms with E-state index in [1.807, 2.05) is 6.07 Å². The summed E-state index contributed by atoms with van der Waals surface area (Å²) in [5.41, 5.74) is 0.901. The monoisotopic (exact) mass is 355 g/mol. The van der Waals surface area contributed by atoms with Gasteiger partial charge in [-0.2, -0.15) is 5.26 Å². The smallest absolute Gasteiger partial charge is 0.254 e. The van der Waals surface area contributed by atoms with E-state index in [1.54, 1.807) is 23.1 Å². The molecule has 1 aliphatic heterocycles. The van der Waals surface area contributed by atoms with Gasteiger partial charge < -0.3 is 9.80 Å². The molecule has 0 radical (unpaired) electrons. The van der Waals surface area contributed by atoms with Gasteiger partial charge in [0, 0.05) is 37.3 Å². The van der Waals surface area contributed by atoms with Gasteiger partial charge in [-0.15, -0.1) is 0 Å². The van der Waals surface area contributed by atoms with Gasteiger partial charge in [0.25, 0.3) is 11.8 Å². The Balaban J connectivity index is 1.65. The van der Waals surface area contributed by atoms with Crippen LogP contribution in [0.4, 0.5) is 8.78 Å². The maximum absolute atomic E-state index is 13.3. The van der Waals surface area contributed by atoms with Crippen LogP contribution in [-0.4, -0.2) is 47.8 Å². The molecule has 2 aromatic rings. The van der Waals surface area contributed by atoms with Gasteiger partial charge in [0.15, 0.2) is 11.6 Å². The van der Waals surface area contributed by atoms with Crippen molar-refractivity contribution < 1.29 is 18.4 Å². The summed E-state index contributed by atoms with van der Waals surface area (Å²) in [5, 5.41) is 8.93. The second-order valence-corrected chi connectivity index (χ2v) is 5.91. The Labute approximate surface area is 149 Å². The number of hydrogen-bond donors (Lipinski definition) is 0. The van der Waals surface area contributed by atoms with Crippen molar-refractivity contribution in [2.75, 3.05) is 26.2 Å². The summed E-state index contributed by atoms with van der Waals surface area (Å²) in [4.78, 5) is 28.0. The molecule has 0 unspecified atom stereocenters. The summed E-state index contributed by atoms with van der Waals surface area (Å²) >= 11 is 0. The van der Waals surface area contributed by atoms with Crippen molar-refractivity contribution in [3.8, 4) is 6.07 Å². The van der Waals surface area contributed by atoms with Crippen LogP contribution in [0.5, 0.6) is 0 Å². The van der Waals surface area contributed by atoms with Gasteiger partial charge in [-0.3, -0.25) is 9.59 Å². The zero-order valence-electron chi connectivity index (χ0n) is 13.8. The van der Waals surface area contributed by atoms with Crippen molar-refractivity contribution in [2.45, 2.75) is 0 Å². The highest BCUT2D eigenvalue weighted by Crippen LogP contribution is 2.15. The predicted molar refractivity (Wildman–Crippen MR) is 89.3 cm³/mol. The minimum Gasteiger partial charge on any atom is -0.335 e. The number of carbonyl (C=O) groups excluding carboxylic acids is 2. The van der Waals surface area contributed by atoms with E-state index in [4.69, 9.17) is 5.26 Å². The van der Waals surface area contributed by atoms with Gasteiger partial charge in [-0.25, -0.2) is 8.78 Å². The molecule has 1 saturated heterocycles. The van der Waals surface area contributed by atoms with E-state index in [2.05, 4.69) is 0 Å². The average Bonchev–Trinajstić information content (AvgIpc) is 2.69. The third-order valence-electron chi connectivity index (χ3n) is 4.26. The lowest BCUT2D eigenvalue weighted by molar-refractivity contribution is 0.0535. The highest BCUT2D eigenvalue weighted by molar-refractivity contribution is 5.96. The molecule has 0 atom stereocenters. The summed E-state index contributed by atoms with van der Waals surface area (Å²) in [6.07, 6.45) is 0. The second kappa shape index (κ2) is 7.31. The topological polar surface area (TPSA) is 64.4 Å². The molecule has 1 fully saturated rings. The second-order valence-electron chi connectivity index (χ2n) is 5.91. The molecule has 0 saturated carbocycles. The third kappa shape index (κ3) is 3.54. The first-order chi connectivity index (χ1) is 12.5. The van der Waals surface area contributed by atoms with Gasteiger partial charge >= 0.3 is 0 Å².